The Morgan fingerprint density at radius 3 is 2.76 bits per heavy atom. The summed E-state index contributed by atoms with van der Waals surface area (Å²) in [6.45, 7) is 0.871. The standard InChI is InChI=1S/C19H22FN7O2/c1-29-11-13(21)9-23-14-8-16(18(19(22)28)24-10-14)25-17-6-7-27(26-17)15-4-2-12(20)3-5-15/h2-8,10,13,23H,9,11,21H2,1H3,(H2,22,28)(H,25,26)/t13-/m1/s1. The number of nitrogens with zero attached hydrogens (tertiary/aromatic N) is 3. The average Bonchev–Trinajstić information content (AvgIpc) is 3.15. The Kier molecular flexibility index (Phi) is 6.37. The van der Waals surface area contributed by atoms with Crippen LogP contribution in [0.15, 0.2) is 48.8 Å². The highest BCUT2D eigenvalue weighted by atomic mass is 19.1. The molecule has 0 fully saturated rings. The Balaban J connectivity index is 1.79. The molecule has 0 radical (unpaired) electrons. The van der Waals surface area contributed by atoms with Gasteiger partial charge in [0, 0.05) is 32.0 Å². The summed E-state index contributed by atoms with van der Waals surface area (Å²) in [5.74, 6) is -0.536. The van der Waals surface area contributed by atoms with Gasteiger partial charge in [0.25, 0.3) is 5.91 Å². The van der Waals surface area contributed by atoms with Crippen molar-refractivity contribution in [2.45, 2.75) is 6.04 Å². The van der Waals surface area contributed by atoms with Gasteiger partial charge in [0.05, 0.1) is 29.9 Å². The number of pyridine rings is 1. The number of benzene rings is 1. The summed E-state index contributed by atoms with van der Waals surface area (Å²) in [7, 11) is 1.58. The topological polar surface area (TPSA) is 133 Å². The van der Waals surface area contributed by atoms with Gasteiger partial charge in [0.15, 0.2) is 11.5 Å². The predicted octanol–water partition coefficient (Wildman–Crippen LogP) is 1.63. The van der Waals surface area contributed by atoms with Gasteiger partial charge in [-0.3, -0.25) is 4.79 Å². The highest BCUT2D eigenvalue weighted by Crippen LogP contribution is 2.22. The molecule has 2 heterocycles. The van der Waals surface area contributed by atoms with Gasteiger partial charge in [-0.15, -0.1) is 0 Å². The second kappa shape index (κ2) is 9.13. The van der Waals surface area contributed by atoms with E-state index in [0.717, 1.165) is 0 Å². The van der Waals surface area contributed by atoms with Crippen molar-refractivity contribution < 1.29 is 13.9 Å². The van der Waals surface area contributed by atoms with E-state index >= 15 is 0 Å². The van der Waals surface area contributed by atoms with E-state index in [1.165, 1.54) is 18.3 Å². The molecule has 10 heteroatoms. The maximum atomic E-state index is 13.1. The van der Waals surface area contributed by atoms with Gasteiger partial charge in [0.1, 0.15) is 5.82 Å². The van der Waals surface area contributed by atoms with Gasteiger partial charge in [0.2, 0.25) is 0 Å². The van der Waals surface area contributed by atoms with Crippen LogP contribution in [0, 0.1) is 5.82 Å². The third-order valence-electron chi connectivity index (χ3n) is 4.01. The number of primary amides is 1. The van der Waals surface area contributed by atoms with Gasteiger partial charge in [-0.05, 0) is 30.3 Å². The van der Waals surface area contributed by atoms with Gasteiger partial charge >= 0.3 is 0 Å². The molecule has 3 rings (SSSR count). The van der Waals surface area contributed by atoms with Crippen LogP contribution in [0.2, 0.25) is 0 Å². The van der Waals surface area contributed by atoms with Gasteiger partial charge in [-0.1, -0.05) is 0 Å². The second-order valence-corrected chi connectivity index (χ2v) is 6.33. The Morgan fingerprint density at radius 2 is 2.07 bits per heavy atom. The number of aromatic nitrogens is 3. The minimum absolute atomic E-state index is 0.0769. The number of ether oxygens (including phenoxy) is 1. The highest BCUT2D eigenvalue weighted by Gasteiger charge is 2.13. The first-order valence-corrected chi connectivity index (χ1v) is 8.83. The highest BCUT2D eigenvalue weighted by molar-refractivity contribution is 5.97. The summed E-state index contributed by atoms with van der Waals surface area (Å²) in [5.41, 5.74) is 13.2. The normalized spacial score (nSPS) is 11.8. The van der Waals surface area contributed by atoms with E-state index in [-0.39, 0.29) is 17.6 Å². The first-order chi connectivity index (χ1) is 14.0. The lowest BCUT2D eigenvalue weighted by atomic mass is 10.2. The Labute approximate surface area is 166 Å². The van der Waals surface area contributed by atoms with E-state index in [4.69, 9.17) is 16.2 Å². The molecule has 0 bridgehead atoms. The van der Waals surface area contributed by atoms with Gasteiger partial charge in [-0.2, -0.15) is 5.10 Å². The molecule has 1 amide bonds. The SMILES string of the molecule is COC[C@H](N)CNc1cnc(C(N)=O)c(Nc2ccn(-c3ccc(F)cc3)n2)c1. The van der Waals surface area contributed by atoms with Crippen LogP contribution in [-0.2, 0) is 4.74 Å². The molecule has 152 valence electrons. The third kappa shape index (κ3) is 5.27. The molecule has 1 aromatic carbocycles. The lowest BCUT2D eigenvalue weighted by Crippen LogP contribution is -2.33. The molecule has 0 aliphatic heterocycles. The zero-order chi connectivity index (χ0) is 20.8. The number of methoxy groups -OCH3 is 1. The molecule has 0 aliphatic rings. The van der Waals surface area contributed by atoms with Crippen molar-refractivity contribution in [3.63, 3.8) is 0 Å². The number of carbonyl (C=O) groups excluding carboxylic acids is 1. The summed E-state index contributed by atoms with van der Waals surface area (Å²) in [5, 5.41) is 10.6. The maximum absolute atomic E-state index is 13.1. The number of nitrogens with one attached hydrogen (secondary N) is 2. The lowest BCUT2D eigenvalue weighted by molar-refractivity contribution is 0.0996. The molecule has 2 aromatic heterocycles. The van der Waals surface area contributed by atoms with Crippen molar-refractivity contribution >= 4 is 23.1 Å². The van der Waals surface area contributed by atoms with E-state index in [0.29, 0.717) is 36.0 Å². The van der Waals surface area contributed by atoms with E-state index in [2.05, 4.69) is 20.7 Å². The van der Waals surface area contributed by atoms with Crippen molar-refractivity contribution in [2.24, 2.45) is 11.5 Å². The van der Waals surface area contributed by atoms with Crippen molar-refractivity contribution in [1.82, 2.24) is 14.8 Å². The number of hydrogen-bond donors (Lipinski definition) is 4. The molecule has 0 aliphatic carbocycles. The summed E-state index contributed by atoms with van der Waals surface area (Å²) in [6.07, 6.45) is 3.21. The molecule has 0 unspecified atom stereocenters. The summed E-state index contributed by atoms with van der Waals surface area (Å²) in [4.78, 5) is 15.9. The monoisotopic (exact) mass is 399 g/mol. The van der Waals surface area contributed by atoms with Crippen LogP contribution in [0.4, 0.5) is 21.6 Å². The third-order valence-corrected chi connectivity index (χ3v) is 4.01. The minimum Gasteiger partial charge on any atom is -0.383 e. The minimum atomic E-state index is -0.673. The van der Waals surface area contributed by atoms with Gasteiger partial charge in [-0.25, -0.2) is 14.1 Å². The van der Waals surface area contributed by atoms with Crippen molar-refractivity contribution in [2.75, 3.05) is 30.9 Å². The summed E-state index contributed by atoms with van der Waals surface area (Å²) in [6, 6.07) is 9.13. The number of nitrogens with two attached hydrogens (primary N) is 2. The molecular weight excluding hydrogens is 377 g/mol. The number of carbonyl (C=O) groups is 1. The summed E-state index contributed by atoms with van der Waals surface area (Å²) < 4.78 is 19.7. The molecule has 6 N–H and O–H groups in total. The molecule has 3 aromatic rings. The van der Waals surface area contributed by atoms with E-state index < -0.39 is 5.91 Å². The fourth-order valence-corrected chi connectivity index (χ4v) is 2.64. The average molecular weight is 399 g/mol. The largest absolute Gasteiger partial charge is 0.383 e. The van der Waals surface area contributed by atoms with Crippen LogP contribution < -0.4 is 22.1 Å². The maximum Gasteiger partial charge on any atom is 0.269 e. The van der Waals surface area contributed by atoms with Crippen LogP contribution in [0.3, 0.4) is 0 Å². The van der Waals surface area contributed by atoms with Crippen molar-refractivity contribution in [3.05, 3.63) is 60.3 Å². The molecule has 9 nitrogen and oxygen atoms in total. The van der Waals surface area contributed by atoms with Crippen molar-refractivity contribution in [1.29, 1.82) is 0 Å². The molecule has 1 atom stereocenters. The number of rotatable bonds is 9. The van der Waals surface area contributed by atoms with Crippen LogP contribution in [0.1, 0.15) is 10.5 Å². The van der Waals surface area contributed by atoms with Crippen LogP contribution in [0.5, 0.6) is 0 Å². The second-order valence-electron chi connectivity index (χ2n) is 6.33. The molecule has 0 saturated carbocycles. The fourth-order valence-electron chi connectivity index (χ4n) is 2.64. The van der Waals surface area contributed by atoms with Crippen LogP contribution in [-0.4, -0.2) is 47.0 Å². The Bertz CT molecular complexity index is 975. The molecular formula is C19H22FN7O2. The van der Waals surface area contributed by atoms with E-state index in [9.17, 15) is 9.18 Å². The zero-order valence-electron chi connectivity index (χ0n) is 15.8. The quantitative estimate of drug-likeness (QED) is 0.430. The van der Waals surface area contributed by atoms with Gasteiger partial charge < -0.3 is 26.8 Å². The molecule has 29 heavy (non-hydrogen) atoms. The first-order valence-electron chi connectivity index (χ1n) is 8.83. The first kappa shape index (κ1) is 20.2. The fraction of sp³-hybridized carbons (Fsp3) is 0.211. The number of amides is 1. The predicted molar refractivity (Wildman–Crippen MR) is 108 cm³/mol. The molecule has 0 saturated heterocycles. The number of anilines is 3. The van der Waals surface area contributed by atoms with E-state index in [1.54, 1.807) is 42.3 Å². The Hall–Kier alpha value is -3.50. The van der Waals surface area contributed by atoms with Crippen LogP contribution in [0.25, 0.3) is 5.69 Å². The Morgan fingerprint density at radius 1 is 1.31 bits per heavy atom. The number of halogens is 1. The molecule has 0 spiro atoms. The van der Waals surface area contributed by atoms with Crippen LogP contribution >= 0.6 is 0 Å². The smallest absolute Gasteiger partial charge is 0.269 e. The van der Waals surface area contributed by atoms with Crippen molar-refractivity contribution in [3.8, 4) is 5.69 Å². The zero-order valence-corrected chi connectivity index (χ0v) is 15.8. The lowest BCUT2D eigenvalue weighted by Gasteiger charge is -2.14. The number of hydrogen-bond acceptors (Lipinski definition) is 7. The van der Waals surface area contributed by atoms with E-state index in [1.807, 2.05) is 0 Å². The summed E-state index contributed by atoms with van der Waals surface area (Å²) >= 11 is 0.